The van der Waals surface area contributed by atoms with E-state index < -0.39 is 0 Å². The summed E-state index contributed by atoms with van der Waals surface area (Å²) in [4.78, 5) is 17.4. The zero-order chi connectivity index (χ0) is 13.4. The van der Waals surface area contributed by atoms with Gasteiger partial charge in [-0.05, 0) is 38.6 Å². The van der Waals surface area contributed by atoms with Crippen LogP contribution in [0.3, 0.4) is 0 Å². The molecule has 2 aromatic rings. The Morgan fingerprint density at radius 3 is 3.00 bits per heavy atom. The predicted octanol–water partition coefficient (Wildman–Crippen LogP) is 1.60. The second-order valence-electron chi connectivity index (χ2n) is 5.21. The summed E-state index contributed by atoms with van der Waals surface area (Å²) in [6.07, 6.45) is 2.18. The summed E-state index contributed by atoms with van der Waals surface area (Å²) in [7, 11) is 3.73. The van der Waals surface area contributed by atoms with E-state index in [1.165, 1.54) is 0 Å². The van der Waals surface area contributed by atoms with Crippen LogP contribution in [0.25, 0.3) is 11.0 Å². The van der Waals surface area contributed by atoms with Crippen molar-refractivity contribution in [1.29, 1.82) is 0 Å². The summed E-state index contributed by atoms with van der Waals surface area (Å²) in [5, 5.41) is 0. The van der Waals surface area contributed by atoms with Crippen LogP contribution in [0.2, 0.25) is 0 Å². The van der Waals surface area contributed by atoms with Crippen molar-refractivity contribution in [3.63, 3.8) is 0 Å². The minimum atomic E-state index is -0.0419. The maximum atomic E-state index is 12.2. The third-order valence-electron chi connectivity index (χ3n) is 3.90. The highest BCUT2D eigenvalue weighted by molar-refractivity contribution is 5.82. The molecule has 1 saturated heterocycles. The number of ether oxygens (including phenoxy) is 1. The molecule has 1 N–H and O–H groups in total. The lowest BCUT2D eigenvalue weighted by molar-refractivity contribution is 0.212. The lowest BCUT2D eigenvalue weighted by Crippen LogP contribution is -2.36. The average Bonchev–Trinajstić information content (AvgIpc) is 2.74. The van der Waals surface area contributed by atoms with E-state index in [4.69, 9.17) is 4.74 Å². The van der Waals surface area contributed by atoms with E-state index in [-0.39, 0.29) is 11.7 Å². The van der Waals surface area contributed by atoms with E-state index >= 15 is 0 Å². The number of para-hydroxylation sites is 1. The second kappa shape index (κ2) is 4.74. The van der Waals surface area contributed by atoms with Gasteiger partial charge in [-0.3, -0.25) is 4.57 Å². The molecule has 1 aliphatic rings. The number of H-pyrrole nitrogens is 1. The molecule has 1 aromatic heterocycles. The molecule has 2 heterocycles. The van der Waals surface area contributed by atoms with E-state index in [0.717, 1.165) is 42.7 Å². The van der Waals surface area contributed by atoms with Crippen LogP contribution in [0, 0.1) is 0 Å². The number of fused-ring (bicyclic) bond motifs is 1. The van der Waals surface area contributed by atoms with Crippen molar-refractivity contribution in [1.82, 2.24) is 14.5 Å². The number of rotatable bonds is 2. The molecule has 1 unspecified atom stereocenters. The van der Waals surface area contributed by atoms with Crippen molar-refractivity contribution < 1.29 is 4.74 Å². The quantitative estimate of drug-likeness (QED) is 0.893. The van der Waals surface area contributed by atoms with Crippen LogP contribution in [0.5, 0.6) is 5.75 Å². The smallest absolute Gasteiger partial charge is 0.326 e. The Morgan fingerprint density at radius 2 is 2.26 bits per heavy atom. The van der Waals surface area contributed by atoms with Gasteiger partial charge >= 0.3 is 5.69 Å². The molecule has 3 rings (SSSR count). The van der Waals surface area contributed by atoms with Crippen molar-refractivity contribution in [2.45, 2.75) is 18.9 Å². The number of aromatic amines is 1. The van der Waals surface area contributed by atoms with Gasteiger partial charge in [-0.25, -0.2) is 4.79 Å². The van der Waals surface area contributed by atoms with E-state index in [1.807, 2.05) is 22.8 Å². The molecule has 1 fully saturated rings. The lowest BCUT2D eigenvalue weighted by atomic mass is 10.1. The molecular formula is C14H19N3O2. The first-order chi connectivity index (χ1) is 9.20. The Labute approximate surface area is 111 Å². The zero-order valence-corrected chi connectivity index (χ0v) is 11.3. The molecule has 1 atom stereocenters. The van der Waals surface area contributed by atoms with Crippen LogP contribution in [0.1, 0.15) is 18.9 Å². The Kier molecular flexibility index (Phi) is 3.06. The van der Waals surface area contributed by atoms with E-state index in [1.54, 1.807) is 7.11 Å². The summed E-state index contributed by atoms with van der Waals surface area (Å²) in [5.74, 6) is 0.720. The number of benzene rings is 1. The van der Waals surface area contributed by atoms with Gasteiger partial charge in [0.15, 0.2) is 0 Å². The summed E-state index contributed by atoms with van der Waals surface area (Å²) >= 11 is 0. The van der Waals surface area contributed by atoms with Gasteiger partial charge in [0.05, 0.1) is 18.7 Å². The number of piperidine rings is 1. The van der Waals surface area contributed by atoms with E-state index in [9.17, 15) is 4.79 Å². The standard InChI is InChI=1S/C14H19N3O2/c1-16-8-4-5-10(9-16)17-11-6-3-7-12(19-2)13(11)15-14(17)18/h3,6-7,10H,4-5,8-9H2,1-2H3,(H,15,18). The topological polar surface area (TPSA) is 50.3 Å². The first-order valence-corrected chi connectivity index (χ1v) is 6.66. The number of nitrogens with one attached hydrogen (secondary N) is 1. The summed E-state index contributed by atoms with van der Waals surface area (Å²) in [6, 6.07) is 6.02. The largest absolute Gasteiger partial charge is 0.494 e. The fourth-order valence-electron chi connectivity index (χ4n) is 3.01. The third kappa shape index (κ3) is 2.04. The summed E-state index contributed by atoms with van der Waals surface area (Å²) in [6.45, 7) is 2.03. The van der Waals surface area contributed by atoms with Crippen LogP contribution >= 0.6 is 0 Å². The van der Waals surface area contributed by atoms with Crippen LogP contribution in [-0.4, -0.2) is 41.7 Å². The first kappa shape index (κ1) is 12.3. The lowest BCUT2D eigenvalue weighted by Gasteiger charge is -2.30. The normalized spacial score (nSPS) is 20.8. The molecule has 0 bridgehead atoms. The first-order valence-electron chi connectivity index (χ1n) is 6.66. The van der Waals surface area contributed by atoms with E-state index in [0.29, 0.717) is 0 Å². The fourth-order valence-corrected chi connectivity index (χ4v) is 3.01. The summed E-state index contributed by atoms with van der Waals surface area (Å²) in [5.41, 5.74) is 1.69. The van der Waals surface area contributed by atoms with Gasteiger partial charge in [0.1, 0.15) is 11.3 Å². The molecule has 0 amide bonds. The molecule has 1 aliphatic heterocycles. The highest BCUT2D eigenvalue weighted by Gasteiger charge is 2.23. The molecule has 0 spiro atoms. The average molecular weight is 261 g/mol. The Bertz CT molecular complexity index is 644. The number of hydrogen-bond acceptors (Lipinski definition) is 3. The number of imidazole rings is 1. The fraction of sp³-hybridized carbons (Fsp3) is 0.500. The van der Waals surface area contributed by atoms with Gasteiger partial charge in [0.2, 0.25) is 0 Å². The van der Waals surface area contributed by atoms with E-state index in [2.05, 4.69) is 16.9 Å². The highest BCUT2D eigenvalue weighted by Crippen LogP contribution is 2.27. The van der Waals surface area contributed by atoms with Gasteiger partial charge in [-0.2, -0.15) is 0 Å². The monoisotopic (exact) mass is 261 g/mol. The number of aromatic nitrogens is 2. The molecule has 102 valence electrons. The van der Waals surface area contributed by atoms with Crippen molar-refractivity contribution in [2.24, 2.45) is 0 Å². The van der Waals surface area contributed by atoms with Crippen LogP contribution < -0.4 is 10.4 Å². The number of hydrogen-bond donors (Lipinski definition) is 1. The van der Waals surface area contributed by atoms with Gasteiger partial charge < -0.3 is 14.6 Å². The van der Waals surface area contributed by atoms with Crippen LogP contribution in [-0.2, 0) is 0 Å². The highest BCUT2D eigenvalue weighted by atomic mass is 16.5. The Balaban J connectivity index is 2.13. The van der Waals surface area contributed by atoms with Crippen molar-refractivity contribution in [3.8, 4) is 5.75 Å². The molecule has 5 nitrogen and oxygen atoms in total. The molecular weight excluding hydrogens is 242 g/mol. The molecule has 0 radical (unpaired) electrons. The predicted molar refractivity (Wildman–Crippen MR) is 74.9 cm³/mol. The van der Waals surface area contributed by atoms with Gasteiger partial charge in [0, 0.05) is 6.54 Å². The molecule has 0 saturated carbocycles. The molecule has 19 heavy (non-hydrogen) atoms. The van der Waals surface area contributed by atoms with Gasteiger partial charge in [-0.1, -0.05) is 6.07 Å². The maximum Gasteiger partial charge on any atom is 0.326 e. The maximum absolute atomic E-state index is 12.2. The number of nitrogens with zero attached hydrogens (tertiary/aromatic N) is 2. The van der Waals surface area contributed by atoms with Gasteiger partial charge in [-0.15, -0.1) is 0 Å². The third-order valence-corrected chi connectivity index (χ3v) is 3.90. The van der Waals surface area contributed by atoms with Gasteiger partial charge in [0.25, 0.3) is 0 Å². The SMILES string of the molecule is COc1cccc2c1[nH]c(=O)n2C1CCCN(C)C1. The second-order valence-corrected chi connectivity index (χ2v) is 5.21. The number of likely N-dealkylation sites (tertiary alicyclic amines) is 1. The molecule has 0 aliphatic carbocycles. The van der Waals surface area contributed by atoms with Crippen molar-refractivity contribution in [2.75, 3.05) is 27.2 Å². The summed E-state index contributed by atoms with van der Waals surface area (Å²) < 4.78 is 7.19. The number of methoxy groups -OCH3 is 1. The van der Waals surface area contributed by atoms with Crippen LogP contribution in [0.4, 0.5) is 0 Å². The molecule has 1 aromatic carbocycles. The zero-order valence-electron chi connectivity index (χ0n) is 11.3. The Hall–Kier alpha value is -1.75. The Morgan fingerprint density at radius 1 is 1.42 bits per heavy atom. The van der Waals surface area contributed by atoms with Crippen molar-refractivity contribution >= 4 is 11.0 Å². The van der Waals surface area contributed by atoms with Crippen molar-refractivity contribution in [3.05, 3.63) is 28.7 Å². The minimum absolute atomic E-state index is 0.0419. The molecule has 5 heteroatoms. The number of likely N-dealkylation sites (N-methyl/N-ethyl adjacent to an activating group) is 1. The van der Waals surface area contributed by atoms with Crippen LogP contribution in [0.15, 0.2) is 23.0 Å². The minimum Gasteiger partial charge on any atom is -0.494 e.